The Morgan fingerprint density at radius 1 is 1.42 bits per heavy atom. The fourth-order valence-corrected chi connectivity index (χ4v) is 2.70. The van der Waals surface area contributed by atoms with Crippen LogP contribution in [-0.2, 0) is 19.1 Å². The number of esters is 1. The average Bonchev–Trinajstić information content (AvgIpc) is 2.55. The highest BCUT2D eigenvalue weighted by molar-refractivity contribution is 14.1. The van der Waals surface area contributed by atoms with Crippen molar-refractivity contribution in [3.8, 4) is 5.75 Å². The number of amides is 2. The number of rotatable bonds is 4. The Labute approximate surface area is 157 Å². The third-order valence-corrected chi connectivity index (χ3v) is 4.36. The third-order valence-electron chi connectivity index (χ3n) is 3.14. The van der Waals surface area contributed by atoms with Gasteiger partial charge in [-0.2, -0.15) is 0 Å². The van der Waals surface area contributed by atoms with Gasteiger partial charge in [-0.25, -0.2) is 4.79 Å². The largest absolute Gasteiger partial charge is 0.481 e. The number of carbonyl (C=O) groups is 3. The van der Waals surface area contributed by atoms with Gasteiger partial charge < -0.3 is 9.47 Å². The van der Waals surface area contributed by atoms with Gasteiger partial charge in [0.1, 0.15) is 11.3 Å². The van der Waals surface area contributed by atoms with Crippen molar-refractivity contribution in [2.24, 2.45) is 0 Å². The molecular formula is C15H13IN2O5S. The third kappa shape index (κ3) is 4.09. The van der Waals surface area contributed by atoms with Crippen LogP contribution in [0, 0.1) is 3.57 Å². The second-order valence-corrected chi connectivity index (χ2v) is 6.29. The molecule has 2 amide bonds. The minimum atomic E-state index is -0.538. The van der Waals surface area contributed by atoms with E-state index >= 15 is 0 Å². The zero-order chi connectivity index (χ0) is 17.9. The molecule has 0 aliphatic carbocycles. The zero-order valence-electron chi connectivity index (χ0n) is 12.8. The van der Waals surface area contributed by atoms with Crippen molar-refractivity contribution >= 4 is 63.8 Å². The number of carbonyl (C=O) groups excluding carboxylic acids is 3. The molecule has 1 fully saturated rings. The molecule has 0 aromatic heterocycles. The molecular weight excluding hydrogens is 447 g/mol. The smallest absolute Gasteiger partial charge is 0.343 e. The van der Waals surface area contributed by atoms with Gasteiger partial charge in [0, 0.05) is 7.05 Å². The van der Waals surface area contributed by atoms with Crippen molar-refractivity contribution in [2.75, 3.05) is 20.8 Å². The summed E-state index contributed by atoms with van der Waals surface area (Å²) >= 11 is 6.92. The number of halogens is 1. The Morgan fingerprint density at radius 3 is 2.75 bits per heavy atom. The molecule has 1 heterocycles. The summed E-state index contributed by atoms with van der Waals surface area (Å²) in [6.07, 6.45) is 1.47. The molecule has 1 aliphatic rings. The molecule has 2 rings (SSSR count). The summed E-state index contributed by atoms with van der Waals surface area (Å²) in [5.41, 5.74) is 0.634. The van der Waals surface area contributed by atoms with E-state index in [4.69, 9.17) is 17.0 Å². The summed E-state index contributed by atoms with van der Waals surface area (Å²) in [6, 6.07) is 5.06. The van der Waals surface area contributed by atoms with E-state index < -0.39 is 17.8 Å². The summed E-state index contributed by atoms with van der Waals surface area (Å²) < 4.78 is 10.6. The number of benzene rings is 1. The predicted octanol–water partition coefficient (Wildman–Crippen LogP) is 1.10. The van der Waals surface area contributed by atoms with Crippen LogP contribution in [0.1, 0.15) is 5.56 Å². The Kier molecular flexibility index (Phi) is 5.89. The van der Waals surface area contributed by atoms with Gasteiger partial charge in [0.2, 0.25) is 0 Å². The maximum Gasteiger partial charge on any atom is 0.343 e. The molecule has 1 aromatic carbocycles. The predicted molar refractivity (Wildman–Crippen MR) is 98.2 cm³/mol. The van der Waals surface area contributed by atoms with Crippen LogP contribution >= 0.6 is 34.8 Å². The highest BCUT2D eigenvalue weighted by atomic mass is 127. The van der Waals surface area contributed by atoms with E-state index in [1.807, 2.05) is 22.6 Å². The Bertz CT molecular complexity index is 762. The lowest BCUT2D eigenvalue weighted by Gasteiger charge is -2.25. The van der Waals surface area contributed by atoms with Gasteiger partial charge in [-0.1, -0.05) is 6.07 Å². The number of likely N-dealkylation sites (N-methyl/N-ethyl adjacent to an activating group) is 1. The maximum atomic E-state index is 12.1. The number of thiocarbonyl (C=S) groups is 1. The van der Waals surface area contributed by atoms with Crippen molar-refractivity contribution in [3.63, 3.8) is 0 Å². The van der Waals surface area contributed by atoms with Crippen molar-refractivity contribution in [1.82, 2.24) is 10.2 Å². The van der Waals surface area contributed by atoms with Crippen LogP contribution in [0.4, 0.5) is 0 Å². The summed E-state index contributed by atoms with van der Waals surface area (Å²) in [5.74, 6) is -0.991. The minimum absolute atomic E-state index is 0.00914. The summed E-state index contributed by atoms with van der Waals surface area (Å²) in [6.45, 7) is -0.198. The van der Waals surface area contributed by atoms with Crippen LogP contribution in [0.3, 0.4) is 0 Å². The monoisotopic (exact) mass is 460 g/mol. The number of nitrogens with one attached hydrogen (secondary N) is 1. The van der Waals surface area contributed by atoms with Crippen LogP contribution in [0.15, 0.2) is 23.8 Å². The zero-order valence-corrected chi connectivity index (χ0v) is 15.8. The average molecular weight is 460 g/mol. The molecule has 0 spiro atoms. The van der Waals surface area contributed by atoms with Gasteiger partial charge in [-0.15, -0.1) is 0 Å². The van der Waals surface area contributed by atoms with Gasteiger partial charge in [-0.05, 0) is 58.6 Å². The summed E-state index contributed by atoms with van der Waals surface area (Å²) in [5, 5.41) is 2.52. The van der Waals surface area contributed by atoms with Gasteiger partial charge in [0.25, 0.3) is 11.8 Å². The molecule has 0 bridgehead atoms. The van der Waals surface area contributed by atoms with Crippen molar-refractivity contribution in [1.29, 1.82) is 0 Å². The van der Waals surface area contributed by atoms with Crippen molar-refractivity contribution in [3.05, 3.63) is 32.9 Å². The normalized spacial score (nSPS) is 16.2. The molecule has 0 unspecified atom stereocenters. The Balaban J connectivity index is 2.22. The molecule has 24 heavy (non-hydrogen) atoms. The first kappa shape index (κ1) is 18.3. The highest BCUT2D eigenvalue weighted by Crippen LogP contribution is 2.24. The van der Waals surface area contributed by atoms with E-state index in [0.717, 1.165) is 3.57 Å². The van der Waals surface area contributed by atoms with E-state index in [0.29, 0.717) is 11.3 Å². The van der Waals surface area contributed by atoms with Crippen LogP contribution in [0.2, 0.25) is 0 Å². The molecule has 0 atom stereocenters. The molecule has 0 saturated carbocycles. The highest BCUT2D eigenvalue weighted by Gasteiger charge is 2.30. The van der Waals surface area contributed by atoms with Gasteiger partial charge in [-0.3, -0.25) is 19.8 Å². The van der Waals surface area contributed by atoms with Gasteiger partial charge >= 0.3 is 5.97 Å². The number of nitrogens with zero attached hydrogens (tertiary/aromatic N) is 1. The van der Waals surface area contributed by atoms with E-state index in [1.165, 1.54) is 25.1 Å². The topological polar surface area (TPSA) is 84.9 Å². The first-order valence-electron chi connectivity index (χ1n) is 6.67. The second-order valence-electron chi connectivity index (χ2n) is 4.74. The lowest BCUT2D eigenvalue weighted by atomic mass is 10.1. The van der Waals surface area contributed by atoms with Crippen molar-refractivity contribution < 1.29 is 23.9 Å². The number of ether oxygens (including phenoxy) is 2. The standard InChI is InChI=1S/C15H13IN2O5S/c1-18-14(21)9(13(20)17-15(18)24)5-8-3-4-11(10(16)6-8)23-7-12(19)22-2/h3-6H,7H2,1-2H3,(H,17,20,24)/b9-5+. The minimum Gasteiger partial charge on any atom is -0.481 e. The van der Waals surface area contributed by atoms with Crippen LogP contribution in [0.5, 0.6) is 5.75 Å². The van der Waals surface area contributed by atoms with Gasteiger partial charge in [0.05, 0.1) is 10.7 Å². The van der Waals surface area contributed by atoms with Crippen molar-refractivity contribution in [2.45, 2.75) is 0 Å². The molecule has 0 radical (unpaired) electrons. The van der Waals surface area contributed by atoms with Gasteiger partial charge in [0.15, 0.2) is 11.7 Å². The first-order valence-corrected chi connectivity index (χ1v) is 8.16. The molecule has 1 aromatic rings. The Morgan fingerprint density at radius 2 is 2.12 bits per heavy atom. The fourth-order valence-electron chi connectivity index (χ4n) is 1.83. The summed E-state index contributed by atoms with van der Waals surface area (Å²) in [7, 11) is 2.77. The molecule has 1 N–H and O–H groups in total. The number of hydrogen-bond donors (Lipinski definition) is 1. The fraction of sp³-hybridized carbons (Fsp3) is 0.200. The quantitative estimate of drug-likeness (QED) is 0.238. The van der Waals surface area contributed by atoms with E-state index in [2.05, 4.69) is 10.1 Å². The van der Waals surface area contributed by atoms with Crippen LogP contribution < -0.4 is 10.1 Å². The maximum absolute atomic E-state index is 12.1. The van der Waals surface area contributed by atoms with E-state index in [1.54, 1.807) is 18.2 Å². The molecule has 1 saturated heterocycles. The molecule has 126 valence electrons. The summed E-state index contributed by atoms with van der Waals surface area (Å²) in [4.78, 5) is 36.4. The lowest BCUT2D eigenvalue weighted by Crippen LogP contribution is -2.52. The molecule has 9 heteroatoms. The Hall–Kier alpha value is -2.01. The molecule has 1 aliphatic heterocycles. The van der Waals surface area contributed by atoms with Crippen LogP contribution in [-0.4, -0.2) is 48.6 Å². The second kappa shape index (κ2) is 7.71. The van der Waals surface area contributed by atoms with E-state index in [-0.39, 0.29) is 17.3 Å². The molecule has 7 nitrogen and oxygen atoms in total. The SMILES string of the molecule is COC(=O)COc1ccc(/C=C2\C(=O)NC(=S)N(C)C2=O)cc1I. The van der Waals surface area contributed by atoms with Crippen LogP contribution in [0.25, 0.3) is 6.08 Å². The first-order chi connectivity index (χ1) is 11.3. The number of methoxy groups -OCH3 is 1. The van der Waals surface area contributed by atoms with E-state index in [9.17, 15) is 14.4 Å². The lowest BCUT2D eigenvalue weighted by molar-refractivity contribution is -0.143. The number of hydrogen-bond acceptors (Lipinski definition) is 6.